The third-order valence-electron chi connectivity index (χ3n) is 4.42. The Balaban J connectivity index is 1.69. The Labute approximate surface area is 170 Å². The van der Waals surface area contributed by atoms with E-state index in [1.54, 1.807) is 24.4 Å². The number of ether oxygens (including phenoxy) is 1. The van der Waals surface area contributed by atoms with E-state index in [9.17, 15) is 14.9 Å². The van der Waals surface area contributed by atoms with Gasteiger partial charge < -0.3 is 10.1 Å². The fraction of sp³-hybridized carbons (Fsp3) is 0.0952. The topological polar surface area (TPSA) is 123 Å². The van der Waals surface area contributed by atoms with Gasteiger partial charge in [-0.2, -0.15) is 4.98 Å². The molecule has 0 amide bonds. The van der Waals surface area contributed by atoms with E-state index >= 15 is 0 Å². The Morgan fingerprint density at radius 1 is 1.10 bits per heavy atom. The van der Waals surface area contributed by atoms with Gasteiger partial charge in [-0.3, -0.25) is 19.9 Å². The van der Waals surface area contributed by atoms with Gasteiger partial charge in [0, 0.05) is 24.0 Å². The largest absolute Gasteiger partial charge is 0.494 e. The predicted molar refractivity (Wildman–Crippen MR) is 113 cm³/mol. The zero-order chi connectivity index (χ0) is 21.1. The number of hydrogen-bond acceptors (Lipinski definition) is 7. The number of nitrogens with zero attached hydrogens (tertiary/aromatic N) is 3. The number of H-pyrrole nitrogens is 1. The van der Waals surface area contributed by atoms with E-state index in [1.807, 2.05) is 31.2 Å². The summed E-state index contributed by atoms with van der Waals surface area (Å²) in [5, 5.41) is 14.2. The SMILES string of the molecule is CCOc1ccc(Nc2nc3nccc(-c4ccc([N+](=O)[O-])cc4)c3c(=O)[nH]2)cc1. The van der Waals surface area contributed by atoms with Crippen molar-refractivity contribution >= 4 is 28.4 Å². The number of anilines is 2. The minimum Gasteiger partial charge on any atom is -0.494 e. The van der Waals surface area contributed by atoms with Crippen molar-refractivity contribution in [1.29, 1.82) is 0 Å². The van der Waals surface area contributed by atoms with Crippen molar-refractivity contribution in [3.8, 4) is 16.9 Å². The fourth-order valence-corrected chi connectivity index (χ4v) is 3.06. The number of rotatable bonds is 6. The number of non-ortho nitro benzene ring substituents is 1. The molecule has 0 aliphatic carbocycles. The minimum atomic E-state index is -0.471. The second-order valence-electron chi connectivity index (χ2n) is 6.36. The van der Waals surface area contributed by atoms with Crippen LogP contribution < -0.4 is 15.6 Å². The van der Waals surface area contributed by atoms with Crippen molar-refractivity contribution in [2.75, 3.05) is 11.9 Å². The van der Waals surface area contributed by atoms with Crippen molar-refractivity contribution in [2.45, 2.75) is 6.92 Å². The third kappa shape index (κ3) is 3.81. The first-order chi connectivity index (χ1) is 14.5. The number of nitrogens with one attached hydrogen (secondary N) is 2. The number of aromatic amines is 1. The highest BCUT2D eigenvalue weighted by Crippen LogP contribution is 2.27. The summed E-state index contributed by atoms with van der Waals surface area (Å²) in [6.45, 7) is 2.49. The molecular weight excluding hydrogens is 386 g/mol. The summed E-state index contributed by atoms with van der Waals surface area (Å²) in [4.78, 5) is 34.5. The summed E-state index contributed by atoms with van der Waals surface area (Å²) in [5.74, 6) is 1.00. The van der Waals surface area contributed by atoms with Crippen molar-refractivity contribution in [1.82, 2.24) is 15.0 Å². The summed E-state index contributed by atoms with van der Waals surface area (Å²) >= 11 is 0. The predicted octanol–water partition coefficient (Wildman–Crippen LogP) is 4.04. The third-order valence-corrected chi connectivity index (χ3v) is 4.42. The lowest BCUT2D eigenvalue weighted by atomic mass is 10.0. The number of benzene rings is 2. The summed E-state index contributed by atoms with van der Waals surface area (Å²) in [6, 6.07) is 14.9. The molecule has 150 valence electrons. The van der Waals surface area contributed by atoms with E-state index in [-0.39, 0.29) is 22.8 Å². The first kappa shape index (κ1) is 19.1. The lowest BCUT2D eigenvalue weighted by Crippen LogP contribution is -2.13. The molecule has 0 radical (unpaired) electrons. The van der Waals surface area contributed by atoms with E-state index < -0.39 is 4.92 Å². The molecule has 4 rings (SSSR count). The molecule has 0 aliphatic rings. The molecule has 0 aliphatic heterocycles. The molecule has 0 fully saturated rings. The standard InChI is InChI=1S/C21H17N5O4/c1-2-30-16-9-5-14(6-10-16)23-21-24-19-18(20(27)25-21)17(11-12-22-19)13-3-7-15(8-4-13)26(28)29/h3-12H,2H2,1H3,(H2,22,23,24,25,27). The molecule has 4 aromatic rings. The van der Waals surface area contributed by atoms with Gasteiger partial charge in [-0.25, -0.2) is 4.98 Å². The van der Waals surface area contributed by atoms with Gasteiger partial charge >= 0.3 is 0 Å². The zero-order valence-corrected chi connectivity index (χ0v) is 16.0. The molecule has 0 spiro atoms. The molecule has 0 saturated heterocycles. The molecule has 2 aromatic heterocycles. The number of nitro groups is 1. The quantitative estimate of drug-likeness (QED) is 0.368. The van der Waals surface area contributed by atoms with E-state index in [0.717, 1.165) is 11.4 Å². The van der Waals surface area contributed by atoms with Crippen LogP contribution in [0.5, 0.6) is 5.75 Å². The molecule has 9 heteroatoms. The van der Waals surface area contributed by atoms with Crippen molar-refractivity contribution in [3.05, 3.63) is 81.3 Å². The van der Waals surface area contributed by atoms with E-state index in [4.69, 9.17) is 4.74 Å². The second-order valence-corrected chi connectivity index (χ2v) is 6.36. The smallest absolute Gasteiger partial charge is 0.269 e. The highest BCUT2D eigenvalue weighted by molar-refractivity contribution is 5.92. The van der Waals surface area contributed by atoms with Crippen molar-refractivity contribution in [2.24, 2.45) is 0 Å². The zero-order valence-electron chi connectivity index (χ0n) is 16.0. The van der Waals surface area contributed by atoms with E-state index in [0.29, 0.717) is 23.1 Å². The average molecular weight is 403 g/mol. The van der Waals surface area contributed by atoms with Crippen molar-refractivity contribution < 1.29 is 9.66 Å². The molecule has 2 aromatic carbocycles. The monoisotopic (exact) mass is 403 g/mol. The lowest BCUT2D eigenvalue weighted by molar-refractivity contribution is -0.384. The van der Waals surface area contributed by atoms with Crippen LogP contribution in [-0.2, 0) is 0 Å². The van der Waals surface area contributed by atoms with Crippen LogP contribution in [0, 0.1) is 10.1 Å². The van der Waals surface area contributed by atoms with Crippen LogP contribution in [-0.4, -0.2) is 26.5 Å². The minimum absolute atomic E-state index is 0.0222. The summed E-state index contributed by atoms with van der Waals surface area (Å²) in [7, 11) is 0. The number of pyridine rings is 1. The number of hydrogen-bond donors (Lipinski definition) is 2. The maximum Gasteiger partial charge on any atom is 0.269 e. The van der Waals surface area contributed by atoms with Crippen LogP contribution in [0.3, 0.4) is 0 Å². The lowest BCUT2D eigenvalue weighted by Gasteiger charge is -2.09. The molecule has 2 N–H and O–H groups in total. The normalized spacial score (nSPS) is 10.7. The fourth-order valence-electron chi connectivity index (χ4n) is 3.06. The Kier molecular flexibility index (Phi) is 5.08. The molecule has 0 bridgehead atoms. The summed E-state index contributed by atoms with van der Waals surface area (Å²) < 4.78 is 5.41. The van der Waals surface area contributed by atoms with Crippen LogP contribution >= 0.6 is 0 Å². The van der Waals surface area contributed by atoms with E-state index in [1.165, 1.54) is 12.1 Å². The first-order valence-corrected chi connectivity index (χ1v) is 9.19. The Bertz CT molecular complexity index is 1270. The molecule has 0 saturated carbocycles. The Morgan fingerprint density at radius 3 is 2.50 bits per heavy atom. The molecule has 0 unspecified atom stereocenters. The van der Waals surface area contributed by atoms with Gasteiger partial charge in [0.25, 0.3) is 11.2 Å². The average Bonchev–Trinajstić information content (AvgIpc) is 2.75. The van der Waals surface area contributed by atoms with Gasteiger partial charge in [-0.15, -0.1) is 0 Å². The summed E-state index contributed by atoms with van der Waals surface area (Å²) in [6.07, 6.45) is 1.55. The summed E-state index contributed by atoms with van der Waals surface area (Å²) in [5.41, 5.74) is 1.86. The van der Waals surface area contributed by atoms with Gasteiger partial charge in [0.1, 0.15) is 5.75 Å². The van der Waals surface area contributed by atoms with Gasteiger partial charge in [0.2, 0.25) is 5.95 Å². The Morgan fingerprint density at radius 2 is 1.83 bits per heavy atom. The van der Waals surface area contributed by atoms with Crippen molar-refractivity contribution in [3.63, 3.8) is 0 Å². The highest BCUT2D eigenvalue weighted by Gasteiger charge is 2.13. The van der Waals surface area contributed by atoms with Gasteiger partial charge in [-0.05, 0) is 60.5 Å². The maximum atomic E-state index is 12.8. The first-order valence-electron chi connectivity index (χ1n) is 9.19. The van der Waals surface area contributed by atoms with E-state index in [2.05, 4.69) is 20.3 Å². The molecule has 0 atom stereocenters. The molecular formula is C21H17N5O4. The van der Waals surface area contributed by atoms with Gasteiger partial charge in [0.15, 0.2) is 5.65 Å². The highest BCUT2D eigenvalue weighted by atomic mass is 16.6. The second kappa shape index (κ2) is 8.00. The maximum absolute atomic E-state index is 12.8. The number of nitro benzene ring substituents is 1. The van der Waals surface area contributed by atoms with Gasteiger partial charge in [-0.1, -0.05) is 0 Å². The van der Waals surface area contributed by atoms with Crippen LogP contribution in [0.4, 0.5) is 17.3 Å². The molecule has 2 heterocycles. The van der Waals surface area contributed by atoms with Crippen LogP contribution in [0.25, 0.3) is 22.2 Å². The number of aromatic nitrogens is 3. The van der Waals surface area contributed by atoms with Crippen LogP contribution in [0.15, 0.2) is 65.6 Å². The van der Waals surface area contributed by atoms with Crippen LogP contribution in [0.2, 0.25) is 0 Å². The van der Waals surface area contributed by atoms with Crippen LogP contribution in [0.1, 0.15) is 6.92 Å². The number of fused-ring (bicyclic) bond motifs is 1. The van der Waals surface area contributed by atoms with Gasteiger partial charge in [0.05, 0.1) is 16.9 Å². The molecule has 9 nitrogen and oxygen atoms in total. The molecule has 30 heavy (non-hydrogen) atoms. The Hall–Kier alpha value is -4.27.